The predicted octanol–water partition coefficient (Wildman–Crippen LogP) is 28.5. The Morgan fingerprint density at radius 1 is 0.235 bits per heavy atom. The summed E-state index contributed by atoms with van der Waals surface area (Å²) >= 11 is 0. The highest BCUT2D eigenvalue weighted by atomic mass is 31.2. The Morgan fingerprint density at radius 2 is 0.420 bits per heavy atom. The Kier molecular flexibility index (Phi) is 86.4. The van der Waals surface area contributed by atoms with Gasteiger partial charge in [0.2, 0.25) is 0 Å². The molecule has 0 amide bonds. The Morgan fingerprint density at radius 3 is 0.664 bits per heavy atom. The molecule has 0 aliphatic carbocycles. The fourth-order valence-electron chi connectivity index (χ4n) is 11.8. The van der Waals surface area contributed by atoms with Crippen LogP contribution in [0.25, 0.3) is 0 Å². The number of carbonyl (C=O) groups is 3. The first-order valence-electron chi connectivity index (χ1n) is 46.0. The summed E-state index contributed by atoms with van der Waals surface area (Å²) in [6.45, 7) is 2.32. The number of aliphatic hydroxyl groups excluding tert-OH is 2. The van der Waals surface area contributed by atoms with Gasteiger partial charge < -0.3 is 34.2 Å². The third-order valence-corrected chi connectivity index (χ3v) is 20.6. The molecule has 0 saturated carbocycles. The van der Waals surface area contributed by atoms with E-state index >= 15 is 0 Å². The van der Waals surface area contributed by atoms with Gasteiger partial charge in [0.1, 0.15) is 25.4 Å². The molecule has 0 aromatic rings. The molecule has 0 radical (unpaired) electrons. The minimum atomic E-state index is -4.96. The summed E-state index contributed by atoms with van der Waals surface area (Å²) in [5, 5.41) is 20.7. The molecule has 16 nitrogen and oxygen atoms in total. The molecular formula is C101H164O16P2. The van der Waals surface area contributed by atoms with Crippen molar-refractivity contribution in [3.05, 3.63) is 219 Å². The van der Waals surface area contributed by atoms with E-state index < -0.39 is 91.5 Å². The van der Waals surface area contributed by atoms with Gasteiger partial charge in [-0.05, 0) is 173 Å². The summed E-state index contributed by atoms with van der Waals surface area (Å²) in [4.78, 5) is 59.0. The van der Waals surface area contributed by atoms with E-state index in [4.69, 9.17) is 32.3 Å². The van der Waals surface area contributed by atoms with Gasteiger partial charge in [-0.1, -0.05) is 368 Å². The molecular weight excluding hydrogens is 1530 g/mol. The lowest BCUT2D eigenvalue weighted by Crippen LogP contribution is -2.30. The molecule has 0 aromatic carbocycles. The van der Waals surface area contributed by atoms with Gasteiger partial charge in [0, 0.05) is 19.3 Å². The number of aliphatic hydroxyl groups is 2. The molecule has 0 fully saturated rings. The smallest absolute Gasteiger partial charge is 0.463 e. The molecule has 0 heterocycles. The highest BCUT2D eigenvalue weighted by molar-refractivity contribution is 7.47. The second kappa shape index (κ2) is 91.1. The van der Waals surface area contributed by atoms with Crippen molar-refractivity contribution in [1.29, 1.82) is 0 Å². The molecule has 5 unspecified atom stereocenters. The van der Waals surface area contributed by atoms with E-state index in [2.05, 4.69) is 240 Å². The van der Waals surface area contributed by atoms with Crippen molar-refractivity contribution < 1.29 is 75.8 Å². The molecule has 0 rings (SSSR count). The summed E-state index contributed by atoms with van der Waals surface area (Å²) in [6, 6.07) is 0. The number of hydrogen-bond donors (Lipinski definition) is 4. The Bertz CT molecular complexity index is 3040. The van der Waals surface area contributed by atoms with Crippen molar-refractivity contribution in [2.45, 2.75) is 360 Å². The van der Waals surface area contributed by atoms with Crippen LogP contribution in [0.5, 0.6) is 0 Å². The van der Waals surface area contributed by atoms with E-state index in [0.29, 0.717) is 19.3 Å². The normalized spacial score (nSPS) is 14.8. The van der Waals surface area contributed by atoms with Gasteiger partial charge in [-0.25, -0.2) is 9.13 Å². The van der Waals surface area contributed by atoms with Crippen LogP contribution in [-0.2, 0) is 55.8 Å². The number of carbonyl (C=O) groups excluding carboxylic acids is 3. The number of esters is 3. The van der Waals surface area contributed by atoms with Gasteiger partial charge in [-0.15, -0.1) is 0 Å². The van der Waals surface area contributed by atoms with Crippen molar-refractivity contribution in [1.82, 2.24) is 0 Å². The van der Waals surface area contributed by atoms with E-state index in [1.165, 1.54) is 57.8 Å². The number of hydrogen-bond acceptors (Lipinski definition) is 14. The van der Waals surface area contributed by atoms with Crippen molar-refractivity contribution in [3.63, 3.8) is 0 Å². The van der Waals surface area contributed by atoms with E-state index in [-0.39, 0.29) is 19.3 Å². The molecule has 18 heteroatoms. The summed E-state index contributed by atoms with van der Waals surface area (Å²) in [5.74, 6) is -1.61. The Hall–Kier alpha value is -6.13. The first-order valence-corrected chi connectivity index (χ1v) is 49.0. The van der Waals surface area contributed by atoms with Crippen LogP contribution in [0.3, 0.4) is 0 Å². The zero-order valence-electron chi connectivity index (χ0n) is 74.2. The minimum absolute atomic E-state index is 0.0764. The maximum absolute atomic E-state index is 13.1. The summed E-state index contributed by atoms with van der Waals surface area (Å²) < 4.78 is 61.5. The monoisotopic (exact) mass is 1700 g/mol. The van der Waals surface area contributed by atoms with Gasteiger partial charge in [-0.3, -0.25) is 32.5 Å². The van der Waals surface area contributed by atoms with Gasteiger partial charge in [0.05, 0.1) is 26.4 Å². The molecule has 0 aliphatic rings. The van der Waals surface area contributed by atoms with Crippen LogP contribution in [0.1, 0.15) is 342 Å². The molecule has 0 aromatic heterocycles. The molecule has 4 N–H and O–H groups in total. The Labute approximate surface area is 723 Å². The van der Waals surface area contributed by atoms with E-state index in [1.807, 2.05) is 0 Å². The molecule has 0 aliphatic heterocycles. The first-order chi connectivity index (χ1) is 58.2. The lowest BCUT2D eigenvalue weighted by Gasteiger charge is -2.21. The van der Waals surface area contributed by atoms with Crippen molar-refractivity contribution in [2.24, 2.45) is 0 Å². The third-order valence-electron chi connectivity index (χ3n) is 18.7. The Balaban J connectivity index is 4.69. The fourth-order valence-corrected chi connectivity index (χ4v) is 13.4. The lowest BCUT2D eigenvalue weighted by molar-refractivity contribution is -0.161. The largest absolute Gasteiger partial charge is 0.472 e. The van der Waals surface area contributed by atoms with Crippen molar-refractivity contribution in [3.8, 4) is 0 Å². The molecule has 119 heavy (non-hydrogen) atoms. The highest BCUT2D eigenvalue weighted by Crippen LogP contribution is 2.45. The van der Waals surface area contributed by atoms with Crippen LogP contribution in [0.15, 0.2) is 219 Å². The fraction of sp³-hybridized carbons (Fsp3) is 0.614. The molecule has 674 valence electrons. The van der Waals surface area contributed by atoms with Gasteiger partial charge in [0.15, 0.2) is 6.10 Å². The van der Waals surface area contributed by atoms with Crippen molar-refractivity contribution in [2.75, 3.05) is 39.6 Å². The second-order valence-electron chi connectivity index (χ2n) is 30.0. The van der Waals surface area contributed by atoms with Crippen LogP contribution in [0.4, 0.5) is 0 Å². The standard InChI is InChI=1S/C101H164O16P2/c1-4-7-10-13-16-19-22-25-28-31-34-37-40-43-45-46-47-48-50-53-54-57-60-63-66-69-72-75-78-81-84-87-99(104)111-90-96(102)91-113-118(107,108)114-92-97(103)93-115-119(109,110)116-95-98(117-101(106)89-86-83-80-77-74-71-68-65-62-59-56-51-42-39-36-33-30-27-24-21-18-15-12-9-6-3)94-112-100(105)88-85-82-79-76-73-70-67-64-61-58-55-52-49-44-41-38-35-32-29-26-23-20-17-14-11-8-5-2/h7-12,16-21,25-30,34-39,43-45,47-49,51,55-56,58,62,65,96-98,102-103H,4-6,13-15,22-24,31-33,40-42,46,50,52-54,57,59-61,63-64,66-95H2,1-3H3,(H,107,108)(H,109,110)/b10-7-,11-8-,12-9-,19-16-,20-17-,21-18-,28-25-,29-26-,30-27-,37-34-,38-35-,39-36-,45-43-,48-47-,49-44-,56-51-,58-55-,65-62-. The number of unbranched alkanes of at least 4 members (excludes halogenated alkanes) is 26. The van der Waals surface area contributed by atoms with Crippen LogP contribution >= 0.6 is 15.6 Å². The molecule has 0 spiro atoms. The third kappa shape index (κ3) is 92.4. The number of rotatable bonds is 85. The van der Waals surface area contributed by atoms with Gasteiger partial charge >= 0.3 is 33.6 Å². The number of phosphoric acid groups is 2. The van der Waals surface area contributed by atoms with E-state index in [1.54, 1.807) is 0 Å². The summed E-state index contributed by atoms with van der Waals surface area (Å²) in [5.41, 5.74) is 0. The zero-order chi connectivity index (χ0) is 86.5. The molecule has 0 saturated heterocycles. The average Bonchev–Trinajstić information content (AvgIpc) is 0.905. The van der Waals surface area contributed by atoms with Crippen LogP contribution < -0.4 is 0 Å². The van der Waals surface area contributed by atoms with Gasteiger partial charge in [0.25, 0.3) is 0 Å². The summed E-state index contributed by atoms with van der Waals surface area (Å²) in [6.07, 6.45) is 124. The number of ether oxygens (including phenoxy) is 3. The molecule has 5 atom stereocenters. The quantitative estimate of drug-likeness (QED) is 0.0146. The highest BCUT2D eigenvalue weighted by Gasteiger charge is 2.29. The SMILES string of the molecule is CC/C=C\C/C=C\C/C=C\C/C=C\C/C=C\C/C=C\CCCCCCCCCCCCCCC(=O)OCC(O)COP(=O)(O)OCC(O)COP(=O)(O)OCC(COC(=O)CCCCCCCCCC/C=C\C/C=C\C/C=C\C/C=C\C/C=C\C/C=C\CC)OC(=O)CCCCCCCC/C=C\C/C=C\C/C=C\C/C=C\C/C=C\C/C=C\CC. The van der Waals surface area contributed by atoms with Crippen molar-refractivity contribution >= 4 is 33.6 Å². The second-order valence-corrected chi connectivity index (χ2v) is 32.9. The number of phosphoric ester groups is 2. The summed E-state index contributed by atoms with van der Waals surface area (Å²) in [7, 11) is -9.83. The lowest BCUT2D eigenvalue weighted by atomic mass is 10.0. The first kappa shape index (κ1) is 113. The number of allylic oxidation sites excluding steroid dienone is 36. The maximum Gasteiger partial charge on any atom is 0.472 e. The maximum atomic E-state index is 13.1. The van der Waals surface area contributed by atoms with Crippen LogP contribution in [0.2, 0.25) is 0 Å². The molecule has 0 bridgehead atoms. The van der Waals surface area contributed by atoms with Gasteiger partial charge in [-0.2, -0.15) is 0 Å². The minimum Gasteiger partial charge on any atom is -0.463 e. The van der Waals surface area contributed by atoms with Crippen LogP contribution in [0, 0.1) is 0 Å². The zero-order valence-corrected chi connectivity index (χ0v) is 76.0. The predicted molar refractivity (Wildman–Crippen MR) is 500 cm³/mol. The van der Waals surface area contributed by atoms with E-state index in [9.17, 15) is 43.5 Å². The average molecular weight is 1700 g/mol. The topological polar surface area (TPSA) is 231 Å². The van der Waals surface area contributed by atoms with E-state index in [0.717, 1.165) is 225 Å². The van der Waals surface area contributed by atoms with Crippen LogP contribution in [-0.4, -0.2) is 95.9 Å².